The van der Waals surface area contributed by atoms with Gasteiger partial charge in [0.05, 0.1) is 17.7 Å². The summed E-state index contributed by atoms with van der Waals surface area (Å²) in [6.07, 6.45) is 1.45. The van der Waals surface area contributed by atoms with Gasteiger partial charge in [-0.2, -0.15) is 0 Å². The minimum Gasteiger partial charge on any atom is -0.462 e. The van der Waals surface area contributed by atoms with Gasteiger partial charge in [0.2, 0.25) is 5.78 Å². The Morgan fingerprint density at radius 1 is 1.14 bits per heavy atom. The lowest BCUT2D eigenvalue weighted by Gasteiger charge is -2.16. The van der Waals surface area contributed by atoms with Crippen LogP contribution in [0.3, 0.4) is 0 Å². The van der Waals surface area contributed by atoms with Crippen LogP contribution in [0.25, 0.3) is 5.69 Å². The molecular weight excluding hydrogens is 358 g/mol. The molecule has 0 saturated heterocycles. The molecule has 4 rings (SSSR count). The van der Waals surface area contributed by atoms with E-state index in [1.807, 2.05) is 19.1 Å². The number of nitrogens with zero attached hydrogens (tertiary/aromatic N) is 2. The fourth-order valence-electron chi connectivity index (χ4n) is 3.41. The molecule has 2 heterocycles. The number of ketones is 2. The zero-order valence-electron chi connectivity index (χ0n) is 15.4. The van der Waals surface area contributed by atoms with Crippen molar-refractivity contribution < 1.29 is 19.1 Å². The summed E-state index contributed by atoms with van der Waals surface area (Å²) in [6, 6.07) is 10.3. The van der Waals surface area contributed by atoms with Crippen LogP contribution in [0.5, 0.6) is 0 Å². The summed E-state index contributed by atoms with van der Waals surface area (Å²) in [5, 5.41) is 0. The SMILES string of the molecule is CCOC(=O)c1c2c(n(-c3ccc(C)cc3)c1N)C(=O)c1ncccc1C2=O. The van der Waals surface area contributed by atoms with E-state index in [1.165, 1.54) is 16.8 Å². The van der Waals surface area contributed by atoms with E-state index in [4.69, 9.17) is 10.5 Å². The molecule has 1 aromatic carbocycles. The number of ether oxygens (including phenoxy) is 1. The van der Waals surface area contributed by atoms with Gasteiger partial charge in [0.25, 0.3) is 0 Å². The highest BCUT2D eigenvalue weighted by atomic mass is 16.5. The van der Waals surface area contributed by atoms with Gasteiger partial charge in [0, 0.05) is 11.9 Å². The number of aryl methyl sites for hydroxylation is 1. The van der Waals surface area contributed by atoms with E-state index in [-0.39, 0.29) is 40.5 Å². The number of nitrogens with two attached hydrogens (primary N) is 1. The number of hydrogen-bond acceptors (Lipinski definition) is 6. The van der Waals surface area contributed by atoms with Gasteiger partial charge in [0.1, 0.15) is 22.8 Å². The normalized spacial score (nSPS) is 12.5. The number of nitrogen functional groups attached to an aromatic ring is 1. The zero-order chi connectivity index (χ0) is 20.0. The van der Waals surface area contributed by atoms with Crippen LogP contribution in [0.1, 0.15) is 54.9 Å². The average molecular weight is 375 g/mol. The molecule has 2 N–H and O–H groups in total. The number of rotatable bonds is 3. The first kappa shape index (κ1) is 17.7. The van der Waals surface area contributed by atoms with E-state index in [1.54, 1.807) is 25.1 Å². The third-order valence-electron chi connectivity index (χ3n) is 4.69. The van der Waals surface area contributed by atoms with E-state index in [2.05, 4.69) is 4.98 Å². The molecule has 0 amide bonds. The number of fused-ring (bicyclic) bond motifs is 2. The summed E-state index contributed by atoms with van der Waals surface area (Å²) in [5.41, 5.74) is 7.95. The van der Waals surface area contributed by atoms with Crippen molar-refractivity contribution >= 4 is 23.4 Å². The van der Waals surface area contributed by atoms with Gasteiger partial charge < -0.3 is 10.5 Å². The van der Waals surface area contributed by atoms with E-state index >= 15 is 0 Å². The van der Waals surface area contributed by atoms with Crippen LogP contribution >= 0.6 is 0 Å². The Morgan fingerprint density at radius 3 is 2.54 bits per heavy atom. The molecule has 7 nitrogen and oxygen atoms in total. The second kappa shape index (κ2) is 6.45. The smallest absolute Gasteiger partial charge is 0.342 e. The van der Waals surface area contributed by atoms with E-state index in [9.17, 15) is 14.4 Å². The molecule has 140 valence electrons. The van der Waals surface area contributed by atoms with Crippen LogP contribution in [0.2, 0.25) is 0 Å². The van der Waals surface area contributed by atoms with Crippen molar-refractivity contribution in [2.24, 2.45) is 0 Å². The second-order valence-electron chi connectivity index (χ2n) is 6.43. The zero-order valence-corrected chi connectivity index (χ0v) is 15.4. The molecule has 3 aromatic rings. The van der Waals surface area contributed by atoms with Gasteiger partial charge in [0.15, 0.2) is 5.78 Å². The van der Waals surface area contributed by atoms with Crippen LogP contribution in [0, 0.1) is 6.92 Å². The number of aromatic nitrogens is 2. The van der Waals surface area contributed by atoms with Crippen LogP contribution in [-0.4, -0.2) is 33.7 Å². The molecule has 28 heavy (non-hydrogen) atoms. The number of benzene rings is 1. The Hall–Kier alpha value is -3.74. The number of hydrogen-bond donors (Lipinski definition) is 1. The lowest BCUT2D eigenvalue weighted by atomic mass is 9.89. The maximum absolute atomic E-state index is 13.2. The van der Waals surface area contributed by atoms with Crippen molar-refractivity contribution in [3.8, 4) is 5.69 Å². The highest BCUT2D eigenvalue weighted by Crippen LogP contribution is 2.36. The van der Waals surface area contributed by atoms with Gasteiger partial charge in [-0.15, -0.1) is 0 Å². The highest BCUT2D eigenvalue weighted by molar-refractivity contribution is 6.30. The molecule has 0 aliphatic heterocycles. The highest BCUT2D eigenvalue weighted by Gasteiger charge is 2.41. The Labute approximate surface area is 160 Å². The lowest BCUT2D eigenvalue weighted by Crippen LogP contribution is -2.25. The fraction of sp³-hybridized carbons (Fsp3) is 0.143. The quantitative estimate of drug-likeness (QED) is 0.552. The minimum absolute atomic E-state index is 0.0122. The van der Waals surface area contributed by atoms with Gasteiger partial charge in [-0.1, -0.05) is 17.7 Å². The van der Waals surface area contributed by atoms with Crippen LogP contribution in [0.15, 0.2) is 42.6 Å². The van der Waals surface area contributed by atoms with Gasteiger partial charge in [-0.05, 0) is 38.1 Å². The molecular formula is C21H17N3O4. The minimum atomic E-state index is -0.740. The summed E-state index contributed by atoms with van der Waals surface area (Å²) in [7, 11) is 0. The molecule has 0 atom stereocenters. The fourth-order valence-corrected chi connectivity index (χ4v) is 3.41. The van der Waals surface area contributed by atoms with Crippen LogP contribution in [0.4, 0.5) is 5.82 Å². The van der Waals surface area contributed by atoms with Crippen molar-refractivity contribution in [3.05, 3.63) is 76.2 Å². The number of carbonyl (C=O) groups is 3. The molecule has 0 saturated carbocycles. The van der Waals surface area contributed by atoms with E-state index < -0.39 is 17.5 Å². The van der Waals surface area contributed by atoms with Gasteiger partial charge >= 0.3 is 5.97 Å². The molecule has 1 aliphatic rings. The van der Waals surface area contributed by atoms with Crippen molar-refractivity contribution in [2.75, 3.05) is 12.3 Å². The largest absolute Gasteiger partial charge is 0.462 e. The molecule has 0 spiro atoms. The van der Waals surface area contributed by atoms with E-state index in [0.717, 1.165) is 5.56 Å². The van der Waals surface area contributed by atoms with Gasteiger partial charge in [-0.3, -0.25) is 19.1 Å². The topological polar surface area (TPSA) is 104 Å². The maximum Gasteiger partial charge on any atom is 0.342 e. The standard InChI is InChI=1S/C21H17N3O4/c1-3-28-21(27)15-14-17(19(26)16-13(18(14)25)5-4-10-23-16)24(20(15)22)12-8-6-11(2)7-9-12/h4-10H,3,22H2,1-2H3. The Balaban J connectivity index is 2.07. The molecule has 1 aliphatic carbocycles. The number of pyridine rings is 1. The average Bonchev–Trinajstić information content (AvgIpc) is 3.00. The molecule has 0 fully saturated rings. The summed E-state index contributed by atoms with van der Waals surface area (Å²) >= 11 is 0. The monoisotopic (exact) mass is 375 g/mol. The Bertz CT molecular complexity index is 1140. The van der Waals surface area contributed by atoms with Crippen molar-refractivity contribution in [1.29, 1.82) is 0 Å². The second-order valence-corrected chi connectivity index (χ2v) is 6.43. The molecule has 0 radical (unpaired) electrons. The first-order valence-corrected chi connectivity index (χ1v) is 8.78. The van der Waals surface area contributed by atoms with Crippen LogP contribution < -0.4 is 5.73 Å². The van der Waals surface area contributed by atoms with Crippen molar-refractivity contribution in [1.82, 2.24) is 9.55 Å². The Morgan fingerprint density at radius 2 is 1.86 bits per heavy atom. The third-order valence-corrected chi connectivity index (χ3v) is 4.69. The molecule has 0 bridgehead atoms. The predicted molar refractivity (Wildman–Crippen MR) is 102 cm³/mol. The van der Waals surface area contributed by atoms with Crippen molar-refractivity contribution in [3.63, 3.8) is 0 Å². The summed E-state index contributed by atoms with van der Waals surface area (Å²) in [5.74, 6) is -1.69. The summed E-state index contributed by atoms with van der Waals surface area (Å²) in [6.45, 7) is 3.70. The number of carbonyl (C=O) groups excluding carboxylic acids is 3. The predicted octanol–water partition coefficient (Wildman–Crippen LogP) is 2.72. The van der Waals surface area contributed by atoms with E-state index in [0.29, 0.717) is 5.69 Å². The first-order valence-electron chi connectivity index (χ1n) is 8.78. The third kappa shape index (κ3) is 2.44. The number of anilines is 1. The Kier molecular flexibility index (Phi) is 4.07. The number of esters is 1. The lowest BCUT2D eigenvalue weighted by molar-refractivity contribution is 0.0525. The molecule has 0 unspecified atom stereocenters. The summed E-state index contributed by atoms with van der Waals surface area (Å²) < 4.78 is 6.53. The molecule has 2 aromatic heterocycles. The van der Waals surface area contributed by atoms with Crippen molar-refractivity contribution in [2.45, 2.75) is 13.8 Å². The van der Waals surface area contributed by atoms with Gasteiger partial charge in [-0.25, -0.2) is 4.79 Å². The van der Waals surface area contributed by atoms with Crippen LogP contribution in [-0.2, 0) is 4.74 Å². The summed E-state index contributed by atoms with van der Waals surface area (Å²) in [4.78, 5) is 43.1. The molecule has 7 heteroatoms. The first-order chi connectivity index (χ1) is 13.5. The maximum atomic E-state index is 13.2.